The molecule has 0 aromatic heterocycles. The van der Waals surface area contributed by atoms with Crippen LogP contribution in [0, 0.1) is 23.7 Å². The summed E-state index contributed by atoms with van der Waals surface area (Å²) in [7, 11) is -9.93. The van der Waals surface area contributed by atoms with E-state index in [2.05, 4.69) is 55.4 Å². The molecule has 4 unspecified atom stereocenters. The van der Waals surface area contributed by atoms with Gasteiger partial charge in [0.1, 0.15) is 19.3 Å². The molecule has 0 aromatic rings. The van der Waals surface area contributed by atoms with E-state index in [9.17, 15) is 43.2 Å². The van der Waals surface area contributed by atoms with Gasteiger partial charge in [-0.1, -0.05) is 389 Å². The van der Waals surface area contributed by atoms with Gasteiger partial charge in [0, 0.05) is 25.7 Å². The van der Waals surface area contributed by atoms with Crippen LogP contribution in [0.2, 0.25) is 0 Å². The maximum Gasteiger partial charge on any atom is 0.472 e. The summed E-state index contributed by atoms with van der Waals surface area (Å²) in [6, 6.07) is 0. The topological polar surface area (TPSA) is 237 Å². The number of aliphatic hydroxyl groups excluding tert-OH is 1. The molecule has 0 fully saturated rings. The van der Waals surface area contributed by atoms with Crippen molar-refractivity contribution in [2.45, 2.75) is 459 Å². The molecule has 7 atom stereocenters. The third-order valence-corrected chi connectivity index (χ3v) is 22.4. The van der Waals surface area contributed by atoms with Crippen LogP contribution in [0.3, 0.4) is 0 Å². The second-order valence-corrected chi connectivity index (χ2v) is 34.9. The Hall–Kier alpha value is -1.94. The van der Waals surface area contributed by atoms with Gasteiger partial charge in [-0.2, -0.15) is 0 Å². The summed E-state index contributed by atoms with van der Waals surface area (Å²) in [6.07, 6.45) is 62.6. The second kappa shape index (κ2) is 73.8. The number of hydrogen-bond acceptors (Lipinski definition) is 15. The highest BCUT2D eigenvalue weighted by Crippen LogP contribution is 2.45. The minimum absolute atomic E-state index is 0.106. The molecule has 0 saturated carbocycles. The lowest BCUT2D eigenvalue weighted by atomic mass is 9.99. The number of phosphoric ester groups is 2. The van der Waals surface area contributed by atoms with Gasteiger partial charge < -0.3 is 33.8 Å². The first kappa shape index (κ1) is 102. The smallest absolute Gasteiger partial charge is 0.462 e. The van der Waals surface area contributed by atoms with Crippen LogP contribution < -0.4 is 0 Å². The van der Waals surface area contributed by atoms with E-state index in [4.69, 9.17) is 37.0 Å². The molecule has 618 valence electrons. The van der Waals surface area contributed by atoms with Crippen molar-refractivity contribution in [1.82, 2.24) is 0 Å². The largest absolute Gasteiger partial charge is 0.472 e. The predicted molar refractivity (Wildman–Crippen MR) is 428 cm³/mol. The zero-order chi connectivity index (χ0) is 76.7. The lowest BCUT2D eigenvalue weighted by molar-refractivity contribution is -0.161. The molecule has 0 heterocycles. The molecule has 0 amide bonds. The molecule has 3 N–H and O–H groups in total. The minimum Gasteiger partial charge on any atom is -0.462 e. The Balaban J connectivity index is 5.18. The molecule has 17 nitrogen and oxygen atoms in total. The van der Waals surface area contributed by atoms with Gasteiger partial charge in [-0.25, -0.2) is 9.13 Å². The zero-order valence-corrected chi connectivity index (χ0v) is 70.5. The Morgan fingerprint density at radius 2 is 0.462 bits per heavy atom. The fraction of sp³-hybridized carbons (Fsp3) is 0.953. The molecule has 0 aromatic carbocycles. The first-order valence-electron chi connectivity index (χ1n) is 43.8. The summed E-state index contributed by atoms with van der Waals surface area (Å²) in [6.45, 7) is 14.3. The summed E-state index contributed by atoms with van der Waals surface area (Å²) in [4.78, 5) is 73.1. The number of hydrogen-bond donors (Lipinski definition) is 3. The summed E-state index contributed by atoms with van der Waals surface area (Å²) in [5.74, 6) is 1.06. The van der Waals surface area contributed by atoms with Crippen molar-refractivity contribution in [3.8, 4) is 0 Å². The van der Waals surface area contributed by atoms with Crippen molar-refractivity contribution < 1.29 is 80.2 Å². The maximum atomic E-state index is 13.1. The van der Waals surface area contributed by atoms with Crippen LogP contribution in [0.25, 0.3) is 0 Å². The van der Waals surface area contributed by atoms with Crippen LogP contribution in [-0.4, -0.2) is 96.7 Å². The zero-order valence-electron chi connectivity index (χ0n) is 68.7. The van der Waals surface area contributed by atoms with Crippen LogP contribution in [0.1, 0.15) is 441 Å². The summed E-state index contributed by atoms with van der Waals surface area (Å²) in [5, 5.41) is 10.7. The van der Waals surface area contributed by atoms with Crippen LogP contribution in [-0.2, 0) is 65.4 Å². The number of aliphatic hydroxyl groups is 1. The summed E-state index contributed by atoms with van der Waals surface area (Å²) < 4.78 is 68.8. The molecule has 0 radical (unpaired) electrons. The van der Waals surface area contributed by atoms with Gasteiger partial charge in [0.25, 0.3) is 0 Å². The van der Waals surface area contributed by atoms with E-state index in [1.807, 2.05) is 0 Å². The Bertz CT molecular complexity index is 2030. The number of ether oxygens (including phenoxy) is 4. The first-order valence-corrected chi connectivity index (χ1v) is 46.8. The molecular weight excluding hydrogens is 1350 g/mol. The van der Waals surface area contributed by atoms with E-state index >= 15 is 0 Å². The van der Waals surface area contributed by atoms with Crippen molar-refractivity contribution in [2.24, 2.45) is 23.7 Å². The lowest BCUT2D eigenvalue weighted by Gasteiger charge is -2.21. The van der Waals surface area contributed by atoms with E-state index < -0.39 is 97.5 Å². The van der Waals surface area contributed by atoms with Gasteiger partial charge in [0.2, 0.25) is 0 Å². The highest BCUT2D eigenvalue weighted by atomic mass is 31.2. The van der Waals surface area contributed by atoms with Gasteiger partial charge in [0.05, 0.1) is 26.4 Å². The van der Waals surface area contributed by atoms with Crippen LogP contribution in [0.15, 0.2) is 0 Å². The molecule has 0 bridgehead atoms. The highest BCUT2D eigenvalue weighted by molar-refractivity contribution is 7.47. The van der Waals surface area contributed by atoms with Crippen molar-refractivity contribution >= 4 is 39.5 Å². The van der Waals surface area contributed by atoms with Crippen molar-refractivity contribution in [3.05, 3.63) is 0 Å². The predicted octanol–water partition coefficient (Wildman–Crippen LogP) is 25.6. The number of rotatable bonds is 82. The number of carbonyl (C=O) groups excluding carboxylic acids is 4. The molecular formula is C85H166O17P2. The Morgan fingerprint density at radius 1 is 0.269 bits per heavy atom. The molecule has 104 heavy (non-hydrogen) atoms. The third-order valence-electron chi connectivity index (χ3n) is 20.5. The van der Waals surface area contributed by atoms with E-state index in [0.717, 1.165) is 120 Å². The van der Waals surface area contributed by atoms with Crippen LogP contribution in [0.4, 0.5) is 0 Å². The van der Waals surface area contributed by atoms with Crippen LogP contribution >= 0.6 is 15.6 Å². The second-order valence-electron chi connectivity index (χ2n) is 32.0. The Kier molecular flexibility index (Phi) is 72.5. The molecule has 0 aliphatic carbocycles. The molecule has 19 heteroatoms. The fourth-order valence-electron chi connectivity index (χ4n) is 13.1. The maximum absolute atomic E-state index is 13.1. The van der Waals surface area contributed by atoms with E-state index in [-0.39, 0.29) is 25.7 Å². The third kappa shape index (κ3) is 75.5. The monoisotopic (exact) mass is 1520 g/mol. The number of phosphoric acid groups is 2. The van der Waals surface area contributed by atoms with Crippen molar-refractivity contribution in [3.63, 3.8) is 0 Å². The average Bonchev–Trinajstić information content (AvgIpc) is 0.989. The normalized spacial score (nSPS) is 14.5. The molecule has 0 aliphatic heterocycles. The Morgan fingerprint density at radius 3 is 0.683 bits per heavy atom. The van der Waals surface area contributed by atoms with Gasteiger partial charge in [-0.3, -0.25) is 37.3 Å². The molecule has 0 saturated heterocycles. The quantitative estimate of drug-likeness (QED) is 0.0222. The molecule has 0 rings (SSSR count). The van der Waals surface area contributed by atoms with E-state index in [1.54, 1.807) is 0 Å². The fourth-order valence-corrected chi connectivity index (χ4v) is 14.7. The number of esters is 4. The highest BCUT2D eigenvalue weighted by Gasteiger charge is 2.30. The Labute approximate surface area is 638 Å². The molecule has 0 spiro atoms. The standard InChI is InChI=1S/C85H166O17P2/c1-9-77(7)63-55-47-39-33-26-22-18-13-11-12-14-20-24-28-35-41-51-59-67-84(89)102-81(72-96-83(88)66-58-50-44-43-48-56-64-78(8)10-2)74-100-104(93,94)98-70-79(86)69-97-103(91,92)99-73-80(101-85(90)68-60-52-42-36-30-29-32-38-46-54-62-76(5)6)71-95-82(87)65-57-49-40-34-27-23-19-16-15-17-21-25-31-37-45-53-61-75(3)4/h75-81,86H,9-74H2,1-8H3,(H,91,92)(H,93,94)/t77?,78?,79-,80-,81-/m1/s1. The number of unbranched alkanes of at least 4 members (excludes halogenated alkanes) is 46. The van der Waals surface area contributed by atoms with Gasteiger partial charge in [-0.05, 0) is 49.4 Å². The van der Waals surface area contributed by atoms with Crippen molar-refractivity contribution in [1.29, 1.82) is 0 Å². The minimum atomic E-state index is -4.96. The van der Waals surface area contributed by atoms with Gasteiger partial charge in [0.15, 0.2) is 12.2 Å². The van der Waals surface area contributed by atoms with Gasteiger partial charge in [-0.15, -0.1) is 0 Å². The van der Waals surface area contributed by atoms with E-state index in [1.165, 1.54) is 238 Å². The number of carbonyl (C=O) groups is 4. The SMILES string of the molecule is CCC(C)CCCCCCCCCCCCCCCCCCCCC(=O)O[C@H](COC(=O)CCCCCCCCC(C)CC)COP(=O)(O)OC[C@H](O)COP(=O)(O)OC[C@@H](COC(=O)CCCCCCCCCCCCCCCCCCC(C)C)OC(=O)CCCCCCCCCCCCC(C)C. The van der Waals surface area contributed by atoms with Gasteiger partial charge >= 0.3 is 39.5 Å². The molecule has 0 aliphatic rings. The summed E-state index contributed by atoms with van der Waals surface area (Å²) in [5.41, 5.74) is 0. The lowest BCUT2D eigenvalue weighted by Crippen LogP contribution is -2.30. The van der Waals surface area contributed by atoms with Crippen molar-refractivity contribution in [2.75, 3.05) is 39.6 Å². The summed E-state index contributed by atoms with van der Waals surface area (Å²) >= 11 is 0. The van der Waals surface area contributed by atoms with Crippen LogP contribution in [0.5, 0.6) is 0 Å². The van der Waals surface area contributed by atoms with E-state index in [0.29, 0.717) is 25.7 Å². The first-order chi connectivity index (χ1) is 50.2. The average molecular weight is 1520 g/mol.